The highest BCUT2D eigenvalue weighted by Crippen LogP contribution is 2.30. The van der Waals surface area contributed by atoms with E-state index in [1.807, 2.05) is 36.1 Å². The van der Waals surface area contributed by atoms with Crippen molar-refractivity contribution in [2.24, 2.45) is 5.84 Å². The number of pyridine rings is 1. The van der Waals surface area contributed by atoms with Gasteiger partial charge in [0.1, 0.15) is 5.82 Å². The quantitative estimate of drug-likeness (QED) is 0.659. The molecule has 1 amide bonds. The number of benzene rings is 1. The molecule has 5 nitrogen and oxygen atoms in total. The number of nitrogen functional groups attached to an aromatic ring is 1. The van der Waals surface area contributed by atoms with Crippen molar-refractivity contribution >= 4 is 22.6 Å². The second-order valence-electron chi connectivity index (χ2n) is 5.04. The molecule has 1 aliphatic rings. The Balaban J connectivity index is 2.11. The molecular weight excluding hydrogens is 252 g/mol. The molecule has 1 aromatic carbocycles. The van der Waals surface area contributed by atoms with Crippen molar-refractivity contribution in [1.82, 2.24) is 9.88 Å². The van der Waals surface area contributed by atoms with Gasteiger partial charge in [0.25, 0.3) is 5.91 Å². The minimum atomic E-state index is 0.0603. The lowest BCUT2D eigenvalue weighted by molar-refractivity contribution is 0.0754. The third kappa shape index (κ3) is 2.20. The van der Waals surface area contributed by atoms with Crippen molar-refractivity contribution in [3.8, 4) is 0 Å². The molecule has 3 N–H and O–H groups in total. The van der Waals surface area contributed by atoms with E-state index in [-0.39, 0.29) is 5.91 Å². The van der Waals surface area contributed by atoms with Crippen LogP contribution in [0.2, 0.25) is 0 Å². The van der Waals surface area contributed by atoms with Crippen LogP contribution in [0, 0.1) is 0 Å². The van der Waals surface area contributed by atoms with Gasteiger partial charge < -0.3 is 10.3 Å². The van der Waals surface area contributed by atoms with E-state index < -0.39 is 0 Å². The fraction of sp³-hybridized carbons (Fsp3) is 0.333. The standard InChI is InChI=1S/C15H18N4O/c1-2-19(10-7-8-10)15(20)12-9-14(18-16)17-13-6-4-3-5-11(12)13/h3-6,9-10H,2,7-8,16H2,1H3,(H,17,18). The number of carbonyl (C=O) groups excluding carboxylic acids is 1. The monoisotopic (exact) mass is 270 g/mol. The van der Waals surface area contributed by atoms with Gasteiger partial charge in [-0.2, -0.15) is 0 Å². The molecule has 2 aromatic rings. The number of para-hydroxylation sites is 1. The second kappa shape index (κ2) is 5.09. The van der Waals surface area contributed by atoms with Gasteiger partial charge in [-0.25, -0.2) is 10.8 Å². The van der Waals surface area contributed by atoms with Crippen molar-refractivity contribution < 1.29 is 4.79 Å². The summed E-state index contributed by atoms with van der Waals surface area (Å²) in [6.45, 7) is 2.74. The van der Waals surface area contributed by atoms with Gasteiger partial charge in [-0.05, 0) is 31.9 Å². The van der Waals surface area contributed by atoms with E-state index >= 15 is 0 Å². The fourth-order valence-corrected chi connectivity index (χ4v) is 2.53. The lowest BCUT2D eigenvalue weighted by atomic mass is 10.1. The molecule has 0 spiro atoms. The van der Waals surface area contributed by atoms with Crippen LogP contribution >= 0.6 is 0 Å². The van der Waals surface area contributed by atoms with Crippen LogP contribution in [-0.4, -0.2) is 28.4 Å². The normalized spacial score (nSPS) is 14.3. The lowest BCUT2D eigenvalue weighted by Gasteiger charge is -2.21. The average Bonchev–Trinajstić information content (AvgIpc) is 3.31. The molecule has 1 saturated carbocycles. The van der Waals surface area contributed by atoms with Gasteiger partial charge in [0.15, 0.2) is 0 Å². The van der Waals surface area contributed by atoms with Crippen LogP contribution in [0.5, 0.6) is 0 Å². The molecule has 1 fully saturated rings. The summed E-state index contributed by atoms with van der Waals surface area (Å²) in [7, 11) is 0. The van der Waals surface area contributed by atoms with Crippen LogP contribution in [-0.2, 0) is 0 Å². The molecule has 5 heteroatoms. The molecule has 0 atom stereocenters. The zero-order valence-corrected chi connectivity index (χ0v) is 11.5. The Morgan fingerprint density at radius 2 is 2.20 bits per heavy atom. The summed E-state index contributed by atoms with van der Waals surface area (Å²) in [6, 6.07) is 9.77. The Kier molecular flexibility index (Phi) is 3.28. The van der Waals surface area contributed by atoms with Gasteiger partial charge in [0.05, 0.1) is 11.1 Å². The highest BCUT2D eigenvalue weighted by atomic mass is 16.2. The summed E-state index contributed by atoms with van der Waals surface area (Å²) in [5, 5.41) is 0.871. The van der Waals surface area contributed by atoms with Crippen molar-refractivity contribution in [2.75, 3.05) is 12.0 Å². The molecule has 20 heavy (non-hydrogen) atoms. The Hall–Kier alpha value is -2.14. The molecule has 104 valence electrons. The highest BCUT2D eigenvalue weighted by Gasteiger charge is 2.32. The third-order valence-electron chi connectivity index (χ3n) is 3.68. The number of amides is 1. The van der Waals surface area contributed by atoms with Crippen molar-refractivity contribution in [2.45, 2.75) is 25.8 Å². The molecule has 0 radical (unpaired) electrons. The highest BCUT2D eigenvalue weighted by molar-refractivity contribution is 6.07. The van der Waals surface area contributed by atoms with Gasteiger partial charge in [0.2, 0.25) is 0 Å². The number of rotatable bonds is 4. The maximum absolute atomic E-state index is 12.8. The SMILES string of the molecule is CCN(C(=O)c1cc(NN)nc2ccccc12)C1CC1. The van der Waals surface area contributed by atoms with Gasteiger partial charge in [-0.1, -0.05) is 18.2 Å². The smallest absolute Gasteiger partial charge is 0.254 e. The first kappa shape index (κ1) is 12.9. The fourth-order valence-electron chi connectivity index (χ4n) is 2.53. The largest absolute Gasteiger partial charge is 0.336 e. The zero-order chi connectivity index (χ0) is 14.1. The van der Waals surface area contributed by atoms with Crippen LogP contribution in [0.25, 0.3) is 10.9 Å². The summed E-state index contributed by atoms with van der Waals surface area (Å²) in [5.74, 6) is 6.03. The van der Waals surface area contributed by atoms with Crippen molar-refractivity contribution in [1.29, 1.82) is 0 Å². The molecule has 1 aromatic heterocycles. The first-order valence-electron chi connectivity index (χ1n) is 6.92. The maximum atomic E-state index is 12.8. The van der Waals surface area contributed by atoms with Crippen LogP contribution in [0.1, 0.15) is 30.1 Å². The number of nitrogens with two attached hydrogens (primary N) is 1. The lowest BCUT2D eigenvalue weighted by Crippen LogP contribution is -2.33. The molecule has 0 aliphatic heterocycles. The summed E-state index contributed by atoms with van der Waals surface area (Å²) in [6.07, 6.45) is 2.20. The van der Waals surface area contributed by atoms with E-state index in [1.54, 1.807) is 6.07 Å². The van der Waals surface area contributed by atoms with E-state index in [4.69, 9.17) is 5.84 Å². The number of hydrogen-bond acceptors (Lipinski definition) is 4. The summed E-state index contributed by atoms with van der Waals surface area (Å²) < 4.78 is 0. The molecule has 1 heterocycles. The predicted octanol–water partition coefficient (Wildman–Crippen LogP) is 2.14. The average molecular weight is 270 g/mol. The number of carbonyl (C=O) groups is 1. The van der Waals surface area contributed by atoms with E-state index in [9.17, 15) is 4.79 Å². The third-order valence-corrected chi connectivity index (χ3v) is 3.68. The van der Waals surface area contributed by atoms with E-state index in [2.05, 4.69) is 10.4 Å². The molecule has 1 aliphatic carbocycles. The van der Waals surface area contributed by atoms with Gasteiger partial charge in [0, 0.05) is 18.0 Å². The number of hydrogen-bond donors (Lipinski definition) is 2. The number of aromatic nitrogens is 1. The van der Waals surface area contributed by atoms with Gasteiger partial charge >= 0.3 is 0 Å². The number of fused-ring (bicyclic) bond motifs is 1. The topological polar surface area (TPSA) is 71.2 Å². The van der Waals surface area contributed by atoms with Crippen LogP contribution in [0.3, 0.4) is 0 Å². The molecule has 0 saturated heterocycles. The second-order valence-corrected chi connectivity index (χ2v) is 5.04. The Morgan fingerprint density at radius 3 is 2.85 bits per heavy atom. The number of nitrogens with zero attached hydrogens (tertiary/aromatic N) is 2. The van der Waals surface area contributed by atoms with Crippen molar-refractivity contribution in [3.63, 3.8) is 0 Å². The van der Waals surface area contributed by atoms with Gasteiger partial charge in [-0.3, -0.25) is 4.79 Å². The van der Waals surface area contributed by atoms with Gasteiger partial charge in [-0.15, -0.1) is 0 Å². The van der Waals surface area contributed by atoms with Crippen LogP contribution in [0.15, 0.2) is 30.3 Å². The minimum Gasteiger partial charge on any atom is -0.336 e. The first-order valence-corrected chi connectivity index (χ1v) is 6.92. The molecular formula is C15H18N4O. The summed E-state index contributed by atoms with van der Waals surface area (Å²) in [4.78, 5) is 19.1. The Morgan fingerprint density at radius 1 is 1.45 bits per heavy atom. The van der Waals surface area contributed by atoms with Crippen LogP contribution < -0.4 is 11.3 Å². The van der Waals surface area contributed by atoms with Crippen LogP contribution in [0.4, 0.5) is 5.82 Å². The van der Waals surface area contributed by atoms with Crippen molar-refractivity contribution in [3.05, 3.63) is 35.9 Å². The summed E-state index contributed by atoms with van der Waals surface area (Å²) in [5.41, 5.74) is 3.97. The zero-order valence-electron chi connectivity index (χ0n) is 11.5. The number of anilines is 1. The first-order chi connectivity index (χ1) is 9.74. The minimum absolute atomic E-state index is 0.0603. The van der Waals surface area contributed by atoms with E-state index in [0.717, 1.165) is 30.3 Å². The molecule has 0 bridgehead atoms. The number of hydrazine groups is 1. The molecule has 3 rings (SSSR count). The number of nitrogens with one attached hydrogen (secondary N) is 1. The predicted molar refractivity (Wildman–Crippen MR) is 79.3 cm³/mol. The Bertz CT molecular complexity index is 651. The maximum Gasteiger partial charge on any atom is 0.254 e. The Labute approximate surface area is 117 Å². The van der Waals surface area contributed by atoms with E-state index in [0.29, 0.717) is 17.4 Å². The molecule has 0 unspecified atom stereocenters. The van der Waals surface area contributed by atoms with E-state index in [1.165, 1.54) is 0 Å². The summed E-state index contributed by atoms with van der Waals surface area (Å²) >= 11 is 0.